The van der Waals surface area contributed by atoms with Crippen molar-refractivity contribution < 1.29 is 19.1 Å². The van der Waals surface area contributed by atoms with Crippen molar-refractivity contribution in [2.75, 3.05) is 18.5 Å². The van der Waals surface area contributed by atoms with Gasteiger partial charge < -0.3 is 15.0 Å². The predicted molar refractivity (Wildman–Crippen MR) is 111 cm³/mol. The monoisotopic (exact) mass is 423 g/mol. The van der Waals surface area contributed by atoms with Crippen LogP contribution in [0.3, 0.4) is 0 Å². The first kappa shape index (κ1) is 20.1. The van der Waals surface area contributed by atoms with Gasteiger partial charge in [0, 0.05) is 24.4 Å². The fraction of sp³-hybridized carbons (Fsp3) is 0.364. The van der Waals surface area contributed by atoms with Crippen molar-refractivity contribution >= 4 is 34.1 Å². The van der Waals surface area contributed by atoms with Gasteiger partial charge in [0.1, 0.15) is 11.1 Å². The highest BCUT2D eigenvalue weighted by Gasteiger charge is 2.35. The van der Waals surface area contributed by atoms with Crippen molar-refractivity contribution in [3.05, 3.63) is 51.9 Å². The lowest BCUT2D eigenvalue weighted by atomic mass is 10.1. The van der Waals surface area contributed by atoms with Gasteiger partial charge in [-0.1, -0.05) is 30.3 Å². The quantitative estimate of drug-likeness (QED) is 0.720. The van der Waals surface area contributed by atoms with Crippen LogP contribution >= 0.6 is 11.3 Å². The van der Waals surface area contributed by atoms with E-state index in [1.54, 1.807) is 4.90 Å². The van der Waals surface area contributed by atoms with Crippen LogP contribution in [0, 0.1) is 17.2 Å². The van der Waals surface area contributed by atoms with Gasteiger partial charge in [-0.25, -0.2) is 0 Å². The molecule has 1 atom stereocenters. The topological polar surface area (TPSA) is 99.5 Å². The van der Waals surface area contributed by atoms with Gasteiger partial charge >= 0.3 is 5.97 Å². The van der Waals surface area contributed by atoms with Crippen LogP contribution in [0.25, 0.3) is 0 Å². The number of nitriles is 1. The Balaban J connectivity index is 1.28. The molecule has 0 spiro atoms. The molecule has 0 bridgehead atoms. The number of nitrogens with zero attached hydrogens (tertiary/aromatic N) is 2. The Morgan fingerprint density at radius 3 is 2.83 bits per heavy atom. The SMILES string of the molecule is N#Cc1c(NC(=O)COC(=O)C2CC(=O)N(Cc3ccccc3)C2)sc2c1CCC2. The van der Waals surface area contributed by atoms with Crippen LogP contribution in [0.2, 0.25) is 0 Å². The number of esters is 1. The molecule has 1 aromatic heterocycles. The predicted octanol–water partition coefficient (Wildman–Crippen LogP) is 2.64. The highest BCUT2D eigenvalue weighted by Crippen LogP contribution is 2.38. The average Bonchev–Trinajstić information content (AvgIpc) is 3.42. The van der Waals surface area contributed by atoms with Crippen molar-refractivity contribution in [1.82, 2.24) is 4.90 Å². The van der Waals surface area contributed by atoms with Crippen LogP contribution in [-0.2, 0) is 38.5 Å². The van der Waals surface area contributed by atoms with E-state index in [1.165, 1.54) is 11.3 Å². The molecular weight excluding hydrogens is 402 g/mol. The number of amides is 2. The van der Waals surface area contributed by atoms with E-state index in [0.29, 0.717) is 17.1 Å². The smallest absolute Gasteiger partial charge is 0.311 e. The molecule has 1 unspecified atom stereocenters. The van der Waals surface area contributed by atoms with Crippen LogP contribution in [0.15, 0.2) is 30.3 Å². The van der Waals surface area contributed by atoms with Crippen LogP contribution in [-0.4, -0.2) is 35.8 Å². The molecule has 0 saturated carbocycles. The molecule has 1 saturated heterocycles. The zero-order valence-electron chi connectivity index (χ0n) is 16.3. The molecule has 2 heterocycles. The molecule has 0 radical (unpaired) electrons. The molecule has 2 aromatic rings. The zero-order chi connectivity index (χ0) is 21.1. The molecule has 4 rings (SSSR count). The van der Waals surface area contributed by atoms with E-state index in [4.69, 9.17) is 4.74 Å². The van der Waals surface area contributed by atoms with Gasteiger partial charge in [0.15, 0.2) is 6.61 Å². The number of likely N-dealkylation sites (tertiary alicyclic amines) is 1. The number of carbonyl (C=O) groups excluding carboxylic acids is 3. The summed E-state index contributed by atoms with van der Waals surface area (Å²) in [5.74, 6) is -1.71. The molecule has 8 heteroatoms. The number of hydrogen-bond donors (Lipinski definition) is 1. The number of hydrogen-bond acceptors (Lipinski definition) is 6. The van der Waals surface area contributed by atoms with Crippen LogP contribution in [0.4, 0.5) is 5.00 Å². The molecule has 1 fully saturated rings. The third-order valence-corrected chi connectivity index (χ3v) is 6.60. The molecular formula is C22H21N3O4S. The Kier molecular flexibility index (Phi) is 5.81. The number of rotatable bonds is 6. The van der Waals surface area contributed by atoms with Crippen molar-refractivity contribution in [3.63, 3.8) is 0 Å². The maximum atomic E-state index is 12.4. The molecule has 30 heavy (non-hydrogen) atoms. The van der Waals surface area contributed by atoms with E-state index in [0.717, 1.165) is 35.3 Å². The fourth-order valence-electron chi connectivity index (χ4n) is 3.91. The van der Waals surface area contributed by atoms with Crippen molar-refractivity contribution in [3.8, 4) is 6.07 Å². The number of carbonyl (C=O) groups is 3. The maximum Gasteiger partial charge on any atom is 0.311 e. The van der Waals surface area contributed by atoms with Gasteiger partial charge in [-0.3, -0.25) is 14.4 Å². The summed E-state index contributed by atoms with van der Waals surface area (Å²) < 4.78 is 5.15. The molecule has 7 nitrogen and oxygen atoms in total. The first-order chi connectivity index (χ1) is 14.5. The average molecular weight is 423 g/mol. The Labute approximate surface area is 178 Å². The molecule has 154 valence electrons. The second-order valence-electron chi connectivity index (χ2n) is 7.49. The van der Waals surface area contributed by atoms with Crippen molar-refractivity contribution in [2.45, 2.75) is 32.2 Å². The normalized spacial score (nSPS) is 17.5. The standard InChI is InChI=1S/C22H21N3O4S/c23-10-17-16-7-4-8-18(16)30-21(17)24-19(26)13-29-22(28)15-9-20(27)25(12-15)11-14-5-2-1-3-6-14/h1-3,5-6,15H,4,7-9,11-13H2,(H,24,26). The minimum atomic E-state index is -0.575. The van der Waals surface area contributed by atoms with Gasteiger partial charge in [0.25, 0.3) is 5.91 Å². The molecule has 2 amide bonds. The van der Waals surface area contributed by atoms with E-state index in [9.17, 15) is 19.6 Å². The zero-order valence-corrected chi connectivity index (χ0v) is 17.2. The molecule has 2 aliphatic rings. The lowest BCUT2D eigenvalue weighted by Gasteiger charge is -2.16. The Bertz CT molecular complexity index is 1020. The molecule has 1 aliphatic carbocycles. The highest BCUT2D eigenvalue weighted by molar-refractivity contribution is 7.16. The number of fused-ring (bicyclic) bond motifs is 1. The molecule has 1 N–H and O–H groups in total. The lowest BCUT2D eigenvalue weighted by Crippen LogP contribution is -2.28. The van der Waals surface area contributed by atoms with Crippen molar-refractivity contribution in [2.24, 2.45) is 5.92 Å². The third-order valence-electron chi connectivity index (χ3n) is 5.40. The highest BCUT2D eigenvalue weighted by atomic mass is 32.1. The maximum absolute atomic E-state index is 12.4. The summed E-state index contributed by atoms with van der Waals surface area (Å²) in [6, 6.07) is 11.7. The van der Waals surface area contributed by atoms with Gasteiger partial charge in [-0.15, -0.1) is 11.3 Å². The Morgan fingerprint density at radius 2 is 2.07 bits per heavy atom. The molecule has 1 aliphatic heterocycles. The minimum Gasteiger partial charge on any atom is -0.455 e. The number of benzene rings is 1. The minimum absolute atomic E-state index is 0.0868. The van der Waals surface area contributed by atoms with E-state index in [2.05, 4.69) is 11.4 Å². The summed E-state index contributed by atoms with van der Waals surface area (Å²) in [4.78, 5) is 39.6. The summed E-state index contributed by atoms with van der Waals surface area (Å²) in [6.07, 6.45) is 2.90. The summed E-state index contributed by atoms with van der Waals surface area (Å²) in [7, 11) is 0. The summed E-state index contributed by atoms with van der Waals surface area (Å²) in [6.45, 7) is 0.296. The fourth-order valence-corrected chi connectivity index (χ4v) is 5.17. The second kappa shape index (κ2) is 8.67. The van der Waals surface area contributed by atoms with E-state index >= 15 is 0 Å². The number of aryl methyl sites for hydroxylation is 1. The van der Waals surface area contributed by atoms with Crippen LogP contribution in [0.5, 0.6) is 0 Å². The number of anilines is 1. The van der Waals surface area contributed by atoms with Crippen LogP contribution in [0.1, 0.15) is 34.4 Å². The van der Waals surface area contributed by atoms with E-state index in [-0.39, 0.29) is 18.9 Å². The summed E-state index contributed by atoms with van der Waals surface area (Å²) in [5.41, 5.74) is 2.54. The number of thiophene rings is 1. The van der Waals surface area contributed by atoms with Crippen LogP contribution < -0.4 is 5.32 Å². The summed E-state index contributed by atoms with van der Waals surface area (Å²) >= 11 is 1.42. The second-order valence-corrected chi connectivity index (χ2v) is 8.60. The van der Waals surface area contributed by atoms with Gasteiger partial charge in [-0.2, -0.15) is 5.26 Å². The number of ether oxygens (including phenoxy) is 1. The van der Waals surface area contributed by atoms with E-state index in [1.807, 2.05) is 30.3 Å². The Morgan fingerprint density at radius 1 is 1.27 bits per heavy atom. The van der Waals surface area contributed by atoms with Crippen molar-refractivity contribution in [1.29, 1.82) is 5.26 Å². The van der Waals surface area contributed by atoms with E-state index < -0.39 is 24.4 Å². The van der Waals surface area contributed by atoms with Gasteiger partial charge in [0.2, 0.25) is 5.91 Å². The van der Waals surface area contributed by atoms with Gasteiger partial charge in [0.05, 0.1) is 11.5 Å². The van der Waals surface area contributed by atoms with Gasteiger partial charge in [-0.05, 0) is 30.4 Å². The summed E-state index contributed by atoms with van der Waals surface area (Å²) in [5, 5.41) is 12.6. The molecule has 1 aromatic carbocycles. The number of nitrogens with one attached hydrogen (secondary N) is 1. The lowest BCUT2D eigenvalue weighted by molar-refractivity contribution is -0.151. The first-order valence-corrected chi connectivity index (χ1v) is 10.7. The first-order valence-electron chi connectivity index (χ1n) is 9.88. The third kappa shape index (κ3) is 4.21. The largest absolute Gasteiger partial charge is 0.455 e. The Hall–Kier alpha value is -3.18.